The minimum atomic E-state index is -0.839. The van der Waals surface area contributed by atoms with Crippen molar-refractivity contribution in [1.82, 2.24) is 4.90 Å². The van der Waals surface area contributed by atoms with Crippen molar-refractivity contribution >= 4 is 35.0 Å². The molecule has 1 aliphatic heterocycles. The van der Waals surface area contributed by atoms with Crippen LogP contribution in [0.4, 0.5) is 0 Å². The van der Waals surface area contributed by atoms with Gasteiger partial charge in [-0.2, -0.15) is 11.8 Å². The number of nitrogens with zero attached hydrogens (tertiary/aromatic N) is 1. The lowest BCUT2D eigenvalue weighted by Gasteiger charge is -2.34. The molecule has 2 heterocycles. The van der Waals surface area contributed by atoms with Gasteiger partial charge in [-0.15, -0.1) is 11.3 Å². The molecule has 0 saturated carbocycles. The van der Waals surface area contributed by atoms with Crippen LogP contribution in [0.15, 0.2) is 6.07 Å². The third-order valence-electron chi connectivity index (χ3n) is 3.65. The van der Waals surface area contributed by atoms with Crippen molar-refractivity contribution < 1.29 is 14.7 Å². The second-order valence-electron chi connectivity index (χ2n) is 5.27. The van der Waals surface area contributed by atoms with Gasteiger partial charge in [0.15, 0.2) is 0 Å². The van der Waals surface area contributed by atoms with E-state index in [0.29, 0.717) is 12.3 Å². The Kier molecular flexibility index (Phi) is 5.70. The van der Waals surface area contributed by atoms with Gasteiger partial charge in [-0.3, -0.25) is 9.59 Å². The summed E-state index contributed by atoms with van der Waals surface area (Å²) in [6.07, 6.45) is 2.09. The van der Waals surface area contributed by atoms with Gasteiger partial charge in [0.1, 0.15) is 0 Å². The highest BCUT2D eigenvalue weighted by atomic mass is 32.2. The van der Waals surface area contributed by atoms with Gasteiger partial charge in [-0.05, 0) is 25.0 Å². The Morgan fingerprint density at radius 3 is 2.90 bits per heavy atom. The normalized spacial score (nSPS) is 18.8. The van der Waals surface area contributed by atoms with Crippen molar-refractivity contribution in [2.24, 2.45) is 0 Å². The molecule has 0 aromatic carbocycles. The molecule has 1 aromatic rings. The Bertz CT molecular complexity index is 527. The molecule has 116 valence electrons. The number of carboxylic acids is 1. The van der Waals surface area contributed by atoms with Crippen molar-refractivity contribution in [2.45, 2.75) is 39.2 Å². The van der Waals surface area contributed by atoms with Gasteiger partial charge >= 0.3 is 5.97 Å². The molecular formula is C15H21NO3S2. The van der Waals surface area contributed by atoms with Gasteiger partial charge < -0.3 is 10.0 Å². The average Bonchev–Trinajstić information content (AvgIpc) is 2.80. The van der Waals surface area contributed by atoms with Crippen molar-refractivity contribution in [3.8, 4) is 0 Å². The molecule has 0 bridgehead atoms. The Morgan fingerprint density at radius 1 is 1.48 bits per heavy atom. The molecule has 0 aliphatic carbocycles. The molecule has 4 nitrogen and oxygen atoms in total. The fourth-order valence-corrected chi connectivity index (χ4v) is 4.67. The Labute approximate surface area is 133 Å². The van der Waals surface area contributed by atoms with Crippen molar-refractivity contribution in [3.63, 3.8) is 0 Å². The molecule has 1 aliphatic rings. The van der Waals surface area contributed by atoms with E-state index < -0.39 is 5.97 Å². The molecule has 21 heavy (non-hydrogen) atoms. The van der Waals surface area contributed by atoms with E-state index in [-0.39, 0.29) is 18.4 Å². The number of aliphatic carboxylic acids is 1. The summed E-state index contributed by atoms with van der Waals surface area (Å²) < 4.78 is 0. The van der Waals surface area contributed by atoms with Crippen LogP contribution in [-0.4, -0.2) is 46.0 Å². The molecule has 0 radical (unpaired) electrons. The number of hydrogen-bond donors (Lipinski definition) is 1. The number of rotatable bonds is 5. The maximum atomic E-state index is 12.7. The first-order valence-corrected chi connectivity index (χ1v) is 9.19. The zero-order valence-electron chi connectivity index (χ0n) is 12.4. The minimum absolute atomic E-state index is 0.00277. The van der Waals surface area contributed by atoms with Crippen LogP contribution in [0.5, 0.6) is 0 Å². The molecule has 1 fully saturated rings. The lowest BCUT2D eigenvalue weighted by atomic mass is 10.1. The van der Waals surface area contributed by atoms with Crippen molar-refractivity contribution in [2.75, 3.05) is 18.1 Å². The number of carboxylic acid groups (broad SMARTS) is 1. The first kappa shape index (κ1) is 16.4. The van der Waals surface area contributed by atoms with Gasteiger partial charge in [0.05, 0.1) is 17.3 Å². The van der Waals surface area contributed by atoms with E-state index in [9.17, 15) is 9.59 Å². The van der Waals surface area contributed by atoms with Crippen LogP contribution in [0.2, 0.25) is 0 Å². The maximum absolute atomic E-state index is 12.7. The highest BCUT2D eigenvalue weighted by Crippen LogP contribution is 2.27. The number of carbonyl (C=O) groups excluding carboxylic acids is 1. The van der Waals surface area contributed by atoms with Gasteiger partial charge in [0.25, 0.3) is 5.91 Å². The van der Waals surface area contributed by atoms with Crippen LogP contribution >= 0.6 is 23.1 Å². The number of amides is 1. The Morgan fingerprint density at radius 2 is 2.24 bits per heavy atom. The van der Waals surface area contributed by atoms with Crippen molar-refractivity contribution in [1.29, 1.82) is 0 Å². The molecule has 1 aromatic heterocycles. The van der Waals surface area contributed by atoms with Crippen LogP contribution in [0.1, 0.15) is 39.9 Å². The summed E-state index contributed by atoms with van der Waals surface area (Å²) >= 11 is 3.26. The van der Waals surface area contributed by atoms with E-state index in [1.807, 2.05) is 13.0 Å². The number of aryl methyl sites for hydroxylation is 2. The van der Waals surface area contributed by atoms with E-state index in [1.54, 1.807) is 16.7 Å². The van der Waals surface area contributed by atoms with E-state index in [4.69, 9.17) is 5.11 Å². The summed E-state index contributed by atoms with van der Waals surface area (Å²) in [4.78, 5) is 27.4. The number of hydrogen-bond acceptors (Lipinski definition) is 4. The second kappa shape index (κ2) is 7.31. The lowest BCUT2D eigenvalue weighted by Crippen LogP contribution is -2.46. The third-order valence-corrected chi connectivity index (χ3v) is 5.82. The summed E-state index contributed by atoms with van der Waals surface area (Å²) in [5, 5.41) is 9.01. The largest absolute Gasteiger partial charge is 0.481 e. The van der Waals surface area contributed by atoms with Crippen LogP contribution in [0.3, 0.4) is 0 Å². The fraction of sp³-hybridized carbons (Fsp3) is 0.600. The third kappa shape index (κ3) is 4.01. The van der Waals surface area contributed by atoms with Crippen LogP contribution < -0.4 is 0 Å². The zero-order chi connectivity index (χ0) is 15.4. The monoisotopic (exact) mass is 327 g/mol. The molecule has 2 rings (SSSR count). The smallest absolute Gasteiger partial charge is 0.305 e. The van der Waals surface area contributed by atoms with E-state index >= 15 is 0 Å². The molecule has 6 heteroatoms. The number of thioether (sulfide) groups is 1. The summed E-state index contributed by atoms with van der Waals surface area (Å²) in [5.74, 6) is 0.754. The molecule has 1 unspecified atom stereocenters. The summed E-state index contributed by atoms with van der Waals surface area (Å²) in [6.45, 7) is 4.82. The first-order chi connectivity index (χ1) is 10.0. The summed E-state index contributed by atoms with van der Waals surface area (Å²) in [6, 6.07) is 1.80. The highest BCUT2D eigenvalue weighted by molar-refractivity contribution is 7.99. The van der Waals surface area contributed by atoms with Crippen LogP contribution in [-0.2, 0) is 11.2 Å². The topological polar surface area (TPSA) is 57.6 Å². The average molecular weight is 327 g/mol. The highest BCUT2D eigenvalue weighted by Gasteiger charge is 2.30. The van der Waals surface area contributed by atoms with Gasteiger partial charge in [0.2, 0.25) is 0 Å². The molecule has 0 spiro atoms. The minimum Gasteiger partial charge on any atom is -0.481 e. The Hall–Kier alpha value is -1.01. The quantitative estimate of drug-likeness (QED) is 0.903. The molecule has 1 amide bonds. The maximum Gasteiger partial charge on any atom is 0.305 e. The second-order valence-corrected chi connectivity index (χ2v) is 7.67. The molecule has 1 saturated heterocycles. The van der Waals surface area contributed by atoms with Crippen LogP contribution in [0, 0.1) is 6.92 Å². The Balaban J connectivity index is 2.16. The van der Waals surface area contributed by atoms with E-state index in [2.05, 4.69) is 6.92 Å². The SMILES string of the molecule is CCCc1cc(C(=O)N2CCSCC2CC(=O)O)sc1C. The first-order valence-electron chi connectivity index (χ1n) is 7.22. The standard InChI is InChI=1S/C15H21NO3S2/c1-3-4-11-7-13(21-10(11)2)15(19)16-5-6-20-9-12(16)8-14(17)18/h7,12H,3-6,8-9H2,1-2H3,(H,17,18). The molecule has 1 N–H and O–H groups in total. The lowest BCUT2D eigenvalue weighted by molar-refractivity contribution is -0.138. The summed E-state index contributed by atoms with van der Waals surface area (Å²) in [5.41, 5.74) is 1.24. The van der Waals surface area contributed by atoms with E-state index in [1.165, 1.54) is 21.8 Å². The number of thiophene rings is 1. The molecular weight excluding hydrogens is 306 g/mol. The van der Waals surface area contributed by atoms with Gasteiger partial charge in [0, 0.05) is 22.9 Å². The van der Waals surface area contributed by atoms with Gasteiger partial charge in [-0.1, -0.05) is 13.3 Å². The zero-order valence-corrected chi connectivity index (χ0v) is 14.1. The van der Waals surface area contributed by atoms with Gasteiger partial charge in [-0.25, -0.2) is 0 Å². The van der Waals surface area contributed by atoms with E-state index in [0.717, 1.165) is 23.5 Å². The fourth-order valence-electron chi connectivity index (χ4n) is 2.58. The molecule has 1 atom stereocenters. The van der Waals surface area contributed by atoms with Crippen LogP contribution in [0.25, 0.3) is 0 Å². The number of carbonyl (C=O) groups is 2. The predicted octanol–water partition coefficient (Wildman–Crippen LogP) is 3.04. The van der Waals surface area contributed by atoms with Crippen molar-refractivity contribution in [3.05, 3.63) is 21.4 Å². The summed E-state index contributed by atoms with van der Waals surface area (Å²) in [7, 11) is 0. The predicted molar refractivity (Wildman–Crippen MR) is 87.5 cm³/mol.